The molecule has 0 amide bonds. The molecule has 1 aliphatic heterocycles. The van der Waals surface area contributed by atoms with Crippen molar-refractivity contribution in [3.63, 3.8) is 0 Å². The number of methoxy groups -OCH3 is 1. The Hall–Kier alpha value is -3.90. The summed E-state index contributed by atoms with van der Waals surface area (Å²) in [4.78, 5) is 14.7. The summed E-state index contributed by atoms with van der Waals surface area (Å²) in [6.45, 7) is -0.00850. The van der Waals surface area contributed by atoms with Gasteiger partial charge in [0, 0.05) is 36.0 Å². The van der Waals surface area contributed by atoms with Crippen molar-refractivity contribution >= 4 is 29.1 Å². The molecule has 8 nitrogen and oxygen atoms in total. The van der Waals surface area contributed by atoms with Crippen molar-refractivity contribution in [2.24, 2.45) is 5.92 Å². The lowest BCUT2D eigenvalue weighted by Gasteiger charge is -2.27. The van der Waals surface area contributed by atoms with Crippen LogP contribution in [0.1, 0.15) is 35.6 Å². The summed E-state index contributed by atoms with van der Waals surface area (Å²) in [7, 11) is 1.52. The molecule has 3 unspecified atom stereocenters. The number of fused-ring (bicyclic) bond motifs is 1. The Balaban J connectivity index is 1.40. The zero-order chi connectivity index (χ0) is 28.9. The molecule has 2 aromatic heterocycles. The predicted molar refractivity (Wildman–Crippen MR) is 145 cm³/mol. The van der Waals surface area contributed by atoms with Crippen LogP contribution in [0, 0.1) is 11.7 Å². The number of aliphatic hydroxyl groups is 1. The van der Waals surface area contributed by atoms with Crippen LogP contribution in [-0.4, -0.2) is 50.7 Å². The number of alkyl halides is 3. The van der Waals surface area contributed by atoms with Gasteiger partial charge in [0.1, 0.15) is 41.0 Å². The highest BCUT2D eigenvalue weighted by Gasteiger charge is 2.51. The largest absolute Gasteiger partial charge is 0.494 e. The Morgan fingerprint density at radius 2 is 1.88 bits per heavy atom. The third-order valence-electron chi connectivity index (χ3n) is 7.62. The Bertz CT molecular complexity index is 1580. The Morgan fingerprint density at radius 3 is 2.54 bits per heavy atom. The van der Waals surface area contributed by atoms with Crippen molar-refractivity contribution in [1.82, 2.24) is 19.5 Å². The van der Waals surface area contributed by atoms with Crippen LogP contribution in [0.25, 0.3) is 5.69 Å². The number of aromatic nitrogens is 4. The number of anilines is 3. The molecule has 214 valence electrons. The summed E-state index contributed by atoms with van der Waals surface area (Å²) in [6, 6.07) is 11.4. The monoisotopic (exact) mass is 588 g/mol. The number of ether oxygens (including phenoxy) is 1. The molecule has 4 aromatic rings. The number of halogens is 5. The Kier molecular flexibility index (Phi) is 6.98. The van der Waals surface area contributed by atoms with Gasteiger partial charge in [0.2, 0.25) is 5.95 Å². The summed E-state index contributed by atoms with van der Waals surface area (Å²) < 4.78 is 61.7. The van der Waals surface area contributed by atoms with Gasteiger partial charge in [-0.25, -0.2) is 14.4 Å². The lowest BCUT2D eigenvalue weighted by molar-refractivity contribution is -0.192. The fourth-order valence-electron chi connectivity index (χ4n) is 5.62. The molecular formula is C28H25ClF4N6O2. The van der Waals surface area contributed by atoms with E-state index in [4.69, 9.17) is 21.3 Å². The number of rotatable bonds is 6. The van der Waals surface area contributed by atoms with Crippen molar-refractivity contribution in [3.05, 3.63) is 82.8 Å². The average Bonchev–Trinajstić information content (AvgIpc) is 3.67. The third kappa shape index (κ3) is 5.17. The summed E-state index contributed by atoms with van der Waals surface area (Å²) in [5.41, 5.74) is 3.39. The van der Waals surface area contributed by atoms with Crippen LogP contribution in [-0.2, 0) is 6.42 Å². The lowest BCUT2D eigenvalue weighted by Crippen LogP contribution is -2.39. The molecule has 0 bridgehead atoms. The van der Waals surface area contributed by atoms with Crippen LogP contribution in [0.5, 0.6) is 5.75 Å². The predicted octanol–water partition coefficient (Wildman–Crippen LogP) is 5.99. The molecule has 0 saturated carbocycles. The fraction of sp³-hybridized carbons (Fsp3) is 0.321. The van der Waals surface area contributed by atoms with Crippen molar-refractivity contribution < 1.29 is 27.4 Å². The van der Waals surface area contributed by atoms with Gasteiger partial charge in [0.25, 0.3) is 0 Å². The van der Waals surface area contributed by atoms with Crippen LogP contribution in [0.3, 0.4) is 0 Å². The summed E-state index contributed by atoms with van der Waals surface area (Å²) in [5.74, 6) is -1.56. The molecule has 1 saturated heterocycles. The van der Waals surface area contributed by atoms with E-state index < -0.39 is 18.3 Å². The van der Waals surface area contributed by atoms with Gasteiger partial charge in [-0.05, 0) is 49.1 Å². The normalized spacial score (nSPS) is 20.4. The Morgan fingerprint density at radius 1 is 1.10 bits per heavy atom. The summed E-state index contributed by atoms with van der Waals surface area (Å²) in [6.07, 6.45) is -2.25. The van der Waals surface area contributed by atoms with E-state index in [2.05, 4.69) is 15.3 Å². The van der Waals surface area contributed by atoms with Gasteiger partial charge < -0.3 is 24.6 Å². The number of hydrogen-bond acceptors (Lipinski definition) is 7. The third-order valence-corrected chi connectivity index (χ3v) is 7.82. The lowest BCUT2D eigenvalue weighted by atomic mass is 9.97. The molecule has 3 heterocycles. The minimum Gasteiger partial charge on any atom is -0.494 e. The molecule has 41 heavy (non-hydrogen) atoms. The van der Waals surface area contributed by atoms with E-state index in [1.165, 1.54) is 24.1 Å². The smallest absolute Gasteiger partial charge is 0.396 e. The number of nitrogens with zero attached hydrogens (tertiary/aromatic N) is 5. The molecule has 3 atom stereocenters. The van der Waals surface area contributed by atoms with Gasteiger partial charge in [0.15, 0.2) is 0 Å². The van der Waals surface area contributed by atoms with Gasteiger partial charge in [-0.2, -0.15) is 18.2 Å². The van der Waals surface area contributed by atoms with Gasteiger partial charge in [-0.3, -0.25) is 0 Å². The second kappa shape index (κ2) is 10.5. The molecule has 6 rings (SSSR count). The number of aliphatic hydroxyl groups excluding tert-OH is 1. The number of imidazole rings is 1. The molecule has 1 fully saturated rings. The summed E-state index contributed by atoms with van der Waals surface area (Å²) in [5, 5.41) is 14.2. The first-order valence-corrected chi connectivity index (χ1v) is 13.3. The number of nitrogens with one attached hydrogen (secondary N) is 1. The minimum absolute atomic E-state index is 0.00850. The second-order valence-electron chi connectivity index (χ2n) is 10.0. The highest BCUT2D eigenvalue weighted by molar-refractivity contribution is 6.29. The quantitative estimate of drug-likeness (QED) is 0.267. The average molecular weight is 589 g/mol. The first kappa shape index (κ1) is 27.3. The molecule has 0 spiro atoms. The van der Waals surface area contributed by atoms with Crippen LogP contribution < -0.4 is 15.0 Å². The van der Waals surface area contributed by atoms with Gasteiger partial charge in [-0.1, -0.05) is 23.7 Å². The highest BCUT2D eigenvalue weighted by Crippen LogP contribution is 2.45. The van der Waals surface area contributed by atoms with Crippen LogP contribution in [0.2, 0.25) is 5.15 Å². The van der Waals surface area contributed by atoms with E-state index in [0.29, 0.717) is 46.4 Å². The van der Waals surface area contributed by atoms with Gasteiger partial charge in [0.05, 0.1) is 18.5 Å². The maximum Gasteiger partial charge on any atom is 0.396 e. The van der Waals surface area contributed by atoms with Gasteiger partial charge in [-0.15, -0.1) is 0 Å². The highest BCUT2D eigenvalue weighted by atomic mass is 35.5. The molecule has 2 aromatic carbocycles. The molecule has 0 radical (unpaired) electrons. The van der Waals surface area contributed by atoms with Crippen LogP contribution in [0.4, 0.5) is 35.0 Å². The van der Waals surface area contributed by atoms with E-state index >= 15 is 0 Å². The van der Waals surface area contributed by atoms with Crippen molar-refractivity contribution in [3.8, 4) is 11.4 Å². The van der Waals surface area contributed by atoms with E-state index in [1.807, 2.05) is 0 Å². The number of benzene rings is 2. The van der Waals surface area contributed by atoms with E-state index in [9.17, 15) is 22.7 Å². The second-order valence-corrected chi connectivity index (χ2v) is 10.4. The van der Waals surface area contributed by atoms with Crippen molar-refractivity contribution in [2.45, 2.75) is 37.6 Å². The zero-order valence-electron chi connectivity index (χ0n) is 21.7. The number of hydrogen-bond donors (Lipinski definition) is 2. The van der Waals surface area contributed by atoms with E-state index in [-0.39, 0.29) is 36.5 Å². The Labute approximate surface area is 237 Å². The van der Waals surface area contributed by atoms with Gasteiger partial charge >= 0.3 is 6.18 Å². The molecule has 13 heteroatoms. The van der Waals surface area contributed by atoms with Crippen LogP contribution in [0.15, 0.2) is 55.0 Å². The molecule has 2 aliphatic rings. The van der Waals surface area contributed by atoms with Crippen molar-refractivity contribution in [1.29, 1.82) is 0 Å². The minimum atomic E-state index is -4.54. The summed E-state index contributed by atoms with van der Waals surface area (Å²) >= 11 is 5.96. The standard InChI is InChI=1S/C28H25ClF4N6O2/c1-41-22-12-17(6-9-21(22)38-13-23(29)34-14-38)35-27-36-24-18(15-2-4-16(30)5-3-15)7-8-19(24)25(37-27)39-11-10-20(26(39)40)28(31,32)33/h2-6,9,12-14,18,20,26,40H,7-8,10-11H2,1H3,(H,35,36,37). The fourth-order valence-corrected chi connectivity index (χ4v) is 5.77. The van der Waals surface area contributed by atoms with E-state index in [0.717, 1.165) is 5.56 Å². The first-order chi connectivity index (χ1) is 19.6. The molecular weight excluding hydrogens is 564 g/mol. The molecule has 2 N–H and O–H groups in total. The molecule has 1 aliphatic carbocycles. The first-order valence-electron chi connectivity index (χ1n) is 12.9. The van der Waals surface area contributed by atoms with Crippen molar-refractivity contribution in [2.75, 3.05) is 23.9 Å². The van der Waals surface area contributed by atoms with E-state index in [1.54, 1.807) is 47.4 Å². The zero-order valence-corrected chi connectivity index (χ0v) is 22.5. The topological polar surface area (TPSA) is 88.3 Å². The van der Waals surface area contributed by atoms with Crippen LogP contribution >= 0.6 is 11.6 Å². The maximum absolute atomic E-state index is 13.6. The SMILES string of the molecule is COc1cc(Nc2nc3c(c(N4CCC(C(F)(F)F)C4O)n2)CCC3c2ccc(F)cc2)ccc1-n1cnc(Cl)c1. The maximum atomic E-state index is 13.6.